The van der Waals surface area contributed by atoms with E-state index >= 15 is 0 Å². The number of aromatic hydroxyl groups is 1. The van der Waals surface area contributed by atoms with E-state index in [2.05, 4.69) is 5.32 Å². The van der Waals surface area contributed by atoms with Crippen LogP contribution in [0.1, 0.15) is 5.56 Å². The van der Waals surface area contributed by atoms with Crippen molar-refractivity contribution in [2.45, 2.75) is 12.5 Å². The molecule has 0 fully saturated rings. The second-order valence-electron chi connectivity index (χ2n) is 5.28. The number of phenols is 1. The molecule has 0 aliphatic heterocycles. The lowest BCUT2D eigenvalue weighted by Gasteiger charge is -2.13. The minimum atomic E-state index is -0.762. The van der Waals surface area contributed by atoms with Crippen molar-refractivity contribution >= 4 is 23.2 Å². The molecule has 0 saturated carbocycles. The number of benzene rings is 2. The molecule has 0 unspecified atom stereocenters. The van der Waals surface area contributed by atoms with E-state index in [1.807, 2.05) is 12.1 Å². The maximum atomic E-state index is 13.1. The van der Waals surface area contributed by atoms with Crippen molar-refractivity contribution in [1.29, 1.82) is 0 Å². The molecular weight excluding hydrogens is 356 g/mol. The first-order valence-electron chi connectivity index (χ1n) is 7.39. The first kappa shape index (κ1) is 18.8. The minimum Gasteiger partial charge on any atom is -0.505 e. The summed E-state index contributed by atoms with van der Waals surface area (Å²) in [6.07, 6.45) is 0.00357. The Balaban J connectivity index is 1.66. The van der Waals surface area contributed by atoms with E-state index in [1.54, 1.807) is 6.07 Å². The third-order valence-electron chi connectivity index (χ3n) is 3.32. The highest BCUT2D eigenvalue weighted by molar-refractivity contribution is 6.42. The van der Waals surface area contributed by atoms with Crippen molar-refractivity contribution in [3.05, 3.63) is 57.8 Å². The molecule has 0 spiro atoms. The lowest BCUT2D eigenvalue weighted by atomic mass is 10.1. The number of phenolic OH excluding ortho intramolecular Hbond substituents is 1. The predicted molar refractivity (Wildman–Crippen MR) is 92.6 cm³/mol. The monoisotopic (exact) mass is 373 g/mol. The second kappa shape index (κ2) is 9.08. The van der Waals surface area contributed by atoms with Gasteiger partial charge in [-0.3, -0.25) is 0 Å². The molecule has 2 aromatic carbocycles. The molecule has 0 bridgehead atoms. The Kier molecular flexibility index (Phi) is 7.12. The van der Waals surface area contributed by atoms with Crippen LogP contribution >= 0.6 is 23.2 Å². The van der Waals surface area contributed by atoms with Crippen molar-refractivity contribution in [1.82, 2.24) is 5.32 Å². The van der Waals surface area contributed by atoms with Crippen LogP contribution in [0.5, 0.6) is 11.5 Å². The van der Waals surface area contributed by atoms with Gasteiger partial charge in [-0.2, -0.15) is 0 Å². The molecule has 24 heavy (non-hydrogen) atoms. The SMILES string of the molecule is Oc1ccc(OC[C@@H](O)CNCCc2ccc(Cl)c(Cl)c2)cc1F. The maximum absolute atomic E-state index is 13.1. The normalized spacial score (nSPS) is 12.2. The van der Waals surface area contributed by atoms with Crippen molar-refractivity contribution in [3.8, 4) is 11.5 Å². The van der Waals surface area contributed by atoms with E-state index in [-0.39, 0.29) is 12.4 Å². The van der Waals surface area contributed by atoms with E-state index in [9.17, 15) is 9.50 Å². The number of hydrogen-bond acceptors (Lipinski definition) is 4. The standard InChI is InChI=1S/C17H18Cl2FNO3/c18-14-3-1-11(7-15(14)19)5-6-21-9-12(22)10-24-13-2-4-17(23)16(20)8-13/h1-4,7-8,12,21-23H,5-6,9-10H2/t12-/m0/s1. The van der Waals surface area contributed by atoms with E-state index in [0.29, 0.717) is 23.1 Å². The third-order valence-corrected chi connectivity index (χ3v) is 4.05. The molecule has 130 valence electrons. The van der Waals surface area contributed by atoms with Crippen LogP contribution in [0.4, 0.5) is 4.39 Å². The molecule has 0 aromatic heterocycles. The molecular formula is C17H18Cl2FNO3. The van der Waals surface area contributed by atoms with Gasteiger partial charge in [0.1, 0.15) is 18.5 Å². The molecule has 0 amide bonds. The van der Waals surface area contributed by atoms with Gasteiger partial charge >= 0.3 is 0 Å². The summed E-state index contributed by atoms with van der Waals surface area (Å²) >= 11 is 11.8. The first-order valence-corrected chi connectivity index (χ1v) is 8.15. The summed E-state index contributed by atoms with van der Waals surface area (Å²) in [6.45, 7) is 1.01. The van der Waals surface area contributed by atoms with Gasteiger partial charge in [0.2, 0.25) is 0 Å². The highest BCUT2D eigenvalue weighted by Gasteiger charge is 2.07. The van der Waals surface area contributed by atoms with Gasteiger partial charge in [-0.25, -0.2) is 4.39 Å². The molecule has 2 aromatic rings. The van der Waals surface area contributed by atoms with Gasteiger partial charge < -0.3 is 20.3 Å². The number of rotatable bonds is 8. The summed E-state index contributed by atoms with van der Waals surface area (Å²) in [6, 6.07) is 9.16. The number of nitrogens with one attached hydrogen (secondary N) is 1. The summed E-state index contributed by atoms with van der Waals surface area (Å²) in [5.74, 6) is -0.950. The van der Waals surface area contributed by atoms with Crippen molar-refractivity contribution in [2.24, 2.45) is 0 Å². The molecule has 0 aliphatic rings. The highest BCUT2D eigenvalue weighted by Crippen LogP contribution is 2.23. The largest absolute Gasteiger partial charge is 0.505 e. The molecule has 0 radical (unpaired) electrons. The van der Waals surface area contributed by atoms with Crippen molar-refractivity contribution in [3.63, 3.8) is 0 Å². The van der Waals surface area contributed by atoms with Crippen LogP contribution < -0.4 is 10.1 Å². The van der Waals surface area contributed by atoms with Gasteiger partial charge in [-0.15, -0.1) is 0 Å². The third kappa shape index (κ3) is 5.83. The lowest BCUT2D eigenvalue weighted by molar-refractivity contribution is 0.106. The molecule has 1 atom stereocenters. The molecule has 0 aliphatic carbocycles. The molecule has 2 rings (SSSR count). The van der Waals surface area contributed by atoms with Crippen LogP contribution in [0.25, 0.3) is 0 Å². The number of aliphatic hydroxyl groups excluding tert-OH is 1. The van der Waals surface area contributed by atoms with E-state index in [4.69, 9.17) is 33.0 Å². The Morgan fingerprint density at radius 3 is 2.62 bits per heavy atom. The fourth-order valence-corrected chi connectivity index (χ4v) is 2.35. The summed E-state index contributed by atoms with van der Waals surface area (Å²) in [5, 5.41) is 23.1. The predicted octanol–water partition coefficient (Wildman–Crippen LogP) is 3.41. The average molecular weight is 374 g/mol. The minimum absolute atomic E-state index is 0.0178. The van der Waals surface area contributed by atoms with E-state index in [1.165, 1.54) is 12.1 Å². The summed E-state index contributed by atoms with van der Waals surface area (Å²) < 4.78 is 18.4. The Morgan fingerprint density at radius 1 is 1.12 bits per heavy atom. The summed E-state index contributed by atoms with van der Waals surface area (Å²) in [7, 11) is 0. The van der Waals surface area contributed by atoms with Crippen molar-refractivity contribution < 1.29 is 19.3 Å². The van der Waals surface area contributed by atoms with Crippen LogP contribution in [-0.2, 0) is 6.42 Å². The van der Waals surface area contributed by atoms with Gasteiger partial charge in [0.05, 0.1) is 10.0 Å². The molecule has 0 saturated heterocycles. The van der Waals surface area contributed by atoms with E-state index in [0.717, 1.165) is 18.1 Å². The topological polar surface area (TPSA) is 61.7 Å². The van der Waals surface area contributed by atoms with Crippen LogP contribution in [0, 0.1) is 5.82 Å². The average Bonchev–Trinajstić information content (AvgIpc) is 2.56. The highest BCUT2D eigenvalue weighted by atomic mass is 35.5. The van der Waals surface area contributed by atoms with Crippen LogP contribution in [0.2, 0.25) is 10.0 Å². The lowest BCUT2D eigenvalue weighted by Crippen LogP contribution is -2.32. The first-order chi connectivity index (χ1) is 11.5. The number of hydrogen-bond donors (Lipinski definition) is 3. The molecule has 4 nitrogen and oxygen atoms in total. The quantitative estimate of drug-likeness (QED) is 0.620. The zero-order valence-electron chi connectivity index (χ0n) is 12.8. The molecule has 0 heterocycles. The van der Waals surface area contributed by atoms with Crippen LogP contribution in [-0.4, -0.2) is 36.0 Å². The number of halogens is 3. The van der Waals surface area contributed by atoms with Gasteiger partial charge in [0, 0.05) is 12.6 Å². The summed E-state index contributed by atoms with van der Waals surface area (Å²) in [5.41, 5.74) is 1.04. The van der Waals surface area contributed by atoms with Crippen LogP contribution in [0.3, 0.4) is 0 Å². The second-order valence-corrected chi connectivity index (χ2v) is 6.10. The maximum Gasteiger partial charge on any atom is 0.168 e. The Hall–Kier alpha value is -1.53. The Bertz CT molecular complexity index is 685. The van der Waals surface area contributed by atoms with Crippen molar-refractivity contribution in [2.75, 3.05) is 19.7 Å². The van der Waals surface area contributed by atoms with Gasteiger partial charge in [0.15, 0.2) is 11.6 Å². The fourth-order valence-electron chi connectivity index (χ4n) is 2.03. The Labute approximate surface area is 149 Å². The molecule has 3 N–H and O–H groups in total. The zero-order chi connectivity index (χ0) is 17.5. The van der Waals surface area contributed by atoms with Gasteiger partial charge in [0.25, 0.3) is 0 Å². The smallest absolute Gasteiger partial charge is 0.168 e. The van der Waals surface area contributed by atoms with Crippen LogP contribution in [0.15, 0.2) is 36.4 Å². The Morgan fingerprint density at radius 2 is 1.92 bits per heavy atom. The zero-order valence-corrected chi connectivity index (χ0v) is 14.3. The van der Waals surface area contributed by atoms with Gasteiger partial charge in [-0.1, -0.05) is 29.3 Å². The number of aliphatic hydroxyl groups is 1. The number of ether oxygens (including phenoxy) is 1. The fraction of sp³-hybridized carbons (Fsp3) is 0.294. The summed E-state index contributed by atoms with van der Waals surface area (Å²) in [4.78, 5) is 0. The van der Waals surface area contributed by atoms with E-state index < -0.39 is 17.7 Å². The van der Waals surface area contributed by atoms with Gasteiger partial charge in [-0.05, 0) is 42.8 Å². The molecule has 7 heteroatoms.